The normalized spacial score (nSPS) is 26.1. The zero-order chi connectivity index (χ0) is 21.1. The van der Waals surface area contributed by atoms with E-state index in [-0.39, 0.29) is 24.1 Å². The van der Waals surface area contributed by atoms with Gasteiger partial charge < -0.3 is 10.2 Å². The number of hydrogen-bond acceptors (Lipinski definition) is 4. The summed E-state index contributed by atoms with van der Waals surface area (Å²) in [5.74, 6) is 6.48. The Bertz CT molecular complexity index is 906. The van der Waals surface area contributed by atoms with Gasteiger partial charge in [-0.2, -0.15) is 0 Å². The van der Waals surface area contributed by atoms with E-state index in [2.05, 4.69) is 29.4 Å². The van der Waals surface area contributed by atoms with Gasteiger partial charge in [-0.25, -0.2) is 0 Å². The van der Waals surface area contributed by atoms with E-state index in [1.54, 1.807) is 11.0 Å². The number of nitrogens with one attached hydrogen (secondary N) is 2. The molecule has 1 saturated carbocycles. The van der Waals surface area contributed by atoms with Gasteiger partial charge in [0.1, 0.15) is 6.04 Å². The van der Waals surface area contributed by atoms with Gasteiger partial charge in [-0.1, -0.05) is 18.8 Å². The number of amides is 3. The van der Waals surface area contributed by atoms with Crippen LogP contribution in [0.4, 0.5) is 0 Å². The number of benzene rings is 1. The van der Waals surface area contributed by atoms with Crippen molar-refractivity contribution in [3.8, 4) is 11.8 Å². The van der Waals surface area contributed by atoms with E-state index in [1.165, 1.54) is 25.7 Å². The SMILES string of the molecule is CC1CCC(NCCC#Cc2ccc3c(c2)CN(C2CCC(=O)NC2=O)C3=O)CC1. The fourth-order valence-corrected chi connectivity index (χ4v) is 4.62. The van der Waals surface area contributed by atoms with E-state index in [1.807, 2.05) is 12.1 Å². The summed E-state index contributed by atoms with van der Waals surface area (Å²) in [7, 11) is 0. The summed E-state index contributed by atoms with van der Waals surface area (Å²) in [5.41, 5.74) is 2.41. The lowest BCUT2D eigenvalue weighted by molar-refractivity contribution is -0.136. The highest BCUT2D eigenvalue weighted by Crippen LogP contribution is 2.28. The zero-order valence-corrected chi connectivity index (χ0v) is 17.5. The molecule has 3 aliphatic rings. The maximum absolute atomic E-state index is 12.7. The topological polar surface area (TPSA) is 78.5 Å². The smallest absolute Gasteiger partial charge is 0.255 e. The first-order valence-electron chi connectivity index (χ1n) is 11.0. The Morgan fingerprint density at radius 2 is 1.93 bits per heavy atom. The Morgan fingerprint density at radius 1 is 1.13 bits per heavy atom. The van der Waals surface area contributed by atoms with Crippen molar-refractivity contribution in [3.05, 3.63) is 34.9 Å². The highest BCUT2D eigenvalue weighted by Gasteiger charge is 2.38. The molecule has 30 heavy (non-hydrogen) atoms. The van der Waals surface area contributed by atoms with Crippen molar-refractivity contribution in [2.75, 3.05) is 6.54 Å². The van der Waals surface area contributed by atoms with E-state index in [0.717, 1.165) is 30.0 Å². The molecule has 1 aromatic rings. The lowest BCUT2D eigenvalue weighted by Crippen LogP contribution is -2.52. The summed E-state index contributed by atoms with van der Waals surface area (Å²) in [6.45, 7) is 3.62. The summed E-state index contributed by atoms with van der Waals surface area (Å²) >= 11 is 0. The molecule has 1 atom stereocenters. The van der Waals surface area contributed by atoms with Gasteiger partial charge in [-0.15, -0.1) is 0 Å². The first-order chi connectivity index (χ1) is 14.5. The molecular formula is C24H29N3O3. The van der Waals surface area contributed by atoms with Crippen molar-refractivity contribution in [1.29, 1.82) is 0 Å². The number of carbonyl (C=O) groups is 3. The Balaban J connectivity index is 1.31. The number of rotatable bonds is 4. The minimum absolute atomic E-state index is 0.148. The average Bonchev–Trinajstić information content (AvgIpc) is 3.05. The van der Waals surface area contributed by atoms with Crippen LogP contribution >= 0.6 is 0 Å². The summed E-state index contributed by atoms with van der Waals surface area (Å²) in [6, 6.07) is 5.67. The molecule has 4 rings (SSSR count). The second kappa shape index (κ2) is 9.01. The molecule has 2 heterocycles. The van der Waals surface area contributed by atoms with Crippen LogP contribution in [-0.2, 0) is 16.1 Å². The van der Waals surface area contributed by atoms with Gasteiger partial charge >= 0.3 is 0 Å². The number of hydrogen-bond donors (Lipinski definition) is 2. The highest BCUT2D eigenvalue weighted by atomic mass is 16.2. The van der Waals surface area contributed by atoms with Crippen molar-refractivity contribution in [2.24, 2.45) is 5.92 Å². The van der Waals surface area contributed by atoms with E-state index in [0.29, 0.717) is 24.6 Å². The van der Waals surface area contributed by atoms with E-state index in [9.17, 15) is 14.4 Å². The van der Waals surface area contributed by atoms with Gasteiger partial charge in [0.25, 0.3) is 5.91 Å². The number of imide groups is 1. The molecule has 1 saturated heterocycles. The van der Waals surface area contributed by atoms with Gasteiger partial charge in [-0.3, -0.25) is 19.7 Å². The number of piperidine rings is 1. The predicted octanol–water partition coefficient (Wildman–Crippen LogP) is 2.36. The Hall–Kier alpha value is -2.65. The summed E-state index contributed by atoms with van der Waals surface area (Å²) in [5, 5.41) is 5.94. The molecule has 0 spiro atoms. The van der Waals surface area contributed by atoms with Crippen LogP contribution in [-0.4, -0.2) is 41.2 Å². The van der Waals surface area contributed by atoms with Crippen molar-refractivity contribution in [1.82, 2.24) is 15.5 Å². The lowest BCUT2D eigenvalue weighted by atomic mass is 9.87. The van der Waals surface area contributed by atoms with Crippen LogP contribution in [0.3, 0.4) is 0 Å². The summed E-state index contributed by atoms with van der Waals surface area (Å²) in [6.07, 6.45) is 6.59. The summed E-state index contributed by atoms with van der Waals surface area (Å²) < 4.78 is 0. The monoisotopic (exact) mass is 407 g/mol. The molecule has 0 radical (unpaired) electrons. The van der Waals surface area contributed by atoms with Crippen LogP contribution in [0.2, 0.25) is 0 Å². The molecule has 2 aliphatic heterocycles. The van der Waals surface area contributed by atoms with Gasteiger partial charge in [-0.05, 0) is 61.8 Å². The minimum atomic E-state index is -0.578. The third-order valence-corrected chi connectivity index (χ3v) is 6.46. The Morgan fingerprint density at radius 3 is 2.70 bits per heavy atom. The standard InChI is InChI=1S/C24H29N3O3/c1-16-5-8-19(9-6-16)25-13-3-2-4-17-7-10-20-18(14-17)15-27(24(20)30)21-11-12-22(28)26-23(21)29/h7,10,14,16,19,21,25H,3,5-6,8-9,11-13,15H2,1H3,(H,26,28,29). The van der Waals surface area contributed by atoms with Crippen molar-refractivity contribution in [2.45, 2.75) is 70.5 Å². The van der Waals surface area contributed by atoms with Crippen LogP contribution in [0.5, 0.6) is 0 Å². The molecule has 1 aromatic carbocycles. The van der Waals surface area contributed by atoms with Gasteiger partial charge in [0, 0.05) is 43.1 Å². The Kier molecular flexibility index (Phi) is 6.19. The maximum atomic E-state index is 12.7. The van der Waals surface area contributed by atoms with E-state index >= 15 is 0 Å². The maximum Gasteiger partial charge on any atom is 0.255 e. The highest BCUT2D eigenvalue weighted by molar-refractivity contribution is 6.05. The molecule has 0 aromatic heterocycles. The van der Waals surface area contributed by atoms with Gasteiger partial charge in [0.2, 0.25) is 11.8 Å². The molecule has 1 unspecified atom stereocenters. The fourth-order valence-electron chi connectivity index (χ4n) is 4.62. The summed E-state index contributed by atoms with van der Waals surface area (Å²) in [4.78, 5) is 37.8. The molecule has 6 heteroatoms. The number of fused-ring (bicyclic) bond motifs is 1. The first-order valence-corrected chi connectivity index (χ1v) is 11.0. The molecule has 2 fully saturated rings. The number of nitrogens with zero attached hydrogens (tertiary/aromatic N) is 1. The molecule has 1 aliphatic carbocycles. The van der Waals surface area contributed by atoms with E-state index < -0.39 is 6.04 Å². The predicted molar refractivity (Wildman–Crippen MR) is 113 cm³/mol. The largest absolute Gasteiger partial charge is 0.322 e. The van der Waals surface area contributed by atoms with Gasteiger partial charge in [0.05, 0.1) is 0 Å². The van der Waals surface area contributed by atoms with Crippen LogP contribution in [0.1, 0.15) is 73.4 Å². The van der Waals surface area contributed by atoms with Crippen LogP contribution in [0.15, 0.2) is 18.2 Å². The molecule has 158 valence electrons. The first kappa shape index (κ1) is 20.6. The average molecular weight is 408 g/mol. The van der Waals surface area contributed by atoms with Crippen molar-refractivity contribution in [3.63, 3.8) is 0 Å². The third-order valence-electron chi connectivity index (χ3n) is 6.46. The van der Waals surface area contributed by atoms with Crippen LogP contribution < -0.4 is 10.6 Å². The van der Waals surface area contributed by atoms with Crippen LogP contribution in [0.25, 0.3) is 0 Å². The second-order valence-electron chi connectivity index (χ2n) is 8.73. The molecule has 3 amide bonds. The fraction of sp³-hybridized carbons (Fsp3) is 0.542. The quantitative estimate of drug-likeness (QED) is 0.456. The number of carbonyl (C=O) groups excluding carboxylic acids is 3. The molecule has 0 bridgehead atoms. The van der Waals surface area contributed by atoms with Gasteiger partial charge in [0.15, 0.2) is 0 Å². The molecule has 6 nitrogen and oxygen atoms in total. The van der Waals surface area contributed by atoms with Crippen LogP contribution in [0, 0.1) is 17.8 Å². The van der Waals surface area contributed by atoms with E-state index in [4.69, 9.17) is 0 Å². The Labute approximate surface area is 177 Å². The van der Waals surface area contributed by atoms with Crippen molar-refractivity contribution < 1.29 is 14.4 Å². The lowest BCUT2D eigenvalue weighted by Gasteiger charge is -2.29. The minimum Gasteiger partial charge on any atom is -0.322 e. The van der Waals surface area contributed by atoms with Crippen molar-refractivity contribution >= 4 is 17.7 Å². The molecular weight excluding hydrogens is 378 g/mol. The molecule has 2 N–H and O–H groups in total. The third kappa shape index (κ3) is 4.57. The zero-order valence-electron chi connectivity index (χ0n) is 17.5. The second-order valence-corrected chi connectivity index (χ2v) is 8.73.